The van der Waals surface area contributed by atoms with Gasteiger partial charge >= 0.3 is 17.7 Å². The van der Waals surface area contributed by atoms with Crippen LogP contribution in [0.25, 0.3) is 10.8 Å². The number of esters is 1. The van der Waals surface area contributed by atoms with E-state index in [0.717, 1.165) is 18.4 Å². The minimum absolute atomic E-state index is 0.00200. The monoisotopic (exact) mass is 769 g/mol. The topological polar surface area (TPSA) is 245 Å². The van der Waals surface area contributed by atoms with Crippen LogP contribution in [0.2, 0.25) is 0 Å². The van der Waals surface area contributed by atoms with Gasteiger partial charge in [-0.15, -0.1) is 0 Å². The number of hydrogen-bond acceptors (Lipinski definition) is 14. The minimum Gasteiger partial charge on any atom is -0.507 e. The number of amides is 1. The maximum absolute atomic E-state index is 14.2. The fourth-order valence-electron chi connectivity index (χ4n) is 6.77. The number of hydrogen-bond donors (Lipinski definition) is 6. The van der Waals surface area contributed by atoms with E-state index in [2.05, 4.69) is 5.32 Å². The van der Waals surface area contributed by atoms with Gasteiger partial charge in [-0.25, -0.2) is 4.79 Å². The molecule has 6 N–H and O–H groups in total. The van der Waals surface area contributed by atoms with E-state index in [1.54, 1.807) is 13.8 Å². The van der Waals surface area contributed by atoms with Crippen LogP contribution in [0.1, 0.15) is 64.4 Å². The first-order valence-electron chi connectivity index (χ1n) is 17.4. The van der Waals surface area contributed by atoms with Crippen LogP contribution in [0.15, 0.2) is 42.2 Å². The van der Waals surface area contributed by atoms with E-state index in [-0.39, 0.29) is 44.7 Å². The Bertz CT molecular complexity index is 2000. The predicted octanol–water partition coefficient (Wildman–Crippen LogP) is 3.84. The number of fused-ring (bicyclic) bond motifs is 14. The number of anilines is 1. The maximum atomic E-state index is 14.2. The van der Waals surface area contributed by atoms with Gasteiger partial charge in [-0.2, -0.15) is 0 Å². The molecule has 16 heteroatoms. The first-order chi connectivity index (χ1) is 25.6. The van der Waals surface area contributed by atoms with E-state index in [9.17, 15) is 49.5 Å². The first kappa shape index (κ1) is 42.3. The van der Waals surface area contributed by atoms with Crippen molar-refractivity contribution in [3.8, 4) is 23.0 Å². The van der Waals surface area contributed by atoms with Gasteiger partial charge in [-0.1, -0.05) is 32.9 Å². The number of carboxylic acids is 1. The van der Waals surface area contributed by atoms with E-state index in [0.29, 0.717) is 0 Å². The number of carbonyl (C=O) groups is 5. The Morgan fingerprint density at radius 1 is 1.02 bits per heavy atom. The largest absolute Gasteiger partial charge is 0.507 e. The summed E-state index contributed by atoms with van der Waals surface area (Å²) in [5.41, 5.74) is -2.66. The number of aliphatic hydroxyl groups excluding tert-OH is 1. The summed E-state index contributed by atoms with van der Waals surface area (Å²) in [5.74, 6) is -11.0. The summed E-state index contributed by atoms with van der Waals surface area (Å²) >= 11 is 0. The second-order valence-electron chi connectivity index (χ2n) is 14.2. The Morgan fingerprint density at radius 2 is 1.67 bits per heavy atom. The third-order valence-electron chi connectivity index (χ3n) is 9.99. The number of ether oxygens (including phenoxy) is 5. The third kappa shape index (κ3) is 8.30. The molecule has 0 spiro atoms. The molecule has 2 aromatic rings. The van der Waals surface area contributed by atoms with Gasteiger partial charge in [0.15, 0.2) is 18.1 Å². The standard InChI is InChI=1S/C39H47NO15/c1-17-11-10-13-38(7,50)35(47)21(5)30(44)19(3)33(54-22(6)41)18(2)24(51-9)12-14-53-39(8)36(48)29-27-25(52-16-26(42)43)15-23(40-37(17)49)32(46)28(27)31(45)20(4)34(29)55-39/h10-15,18-19,21,24,30,33,44-46,50H,16H2,1-9H3,(H,40,49)(H,42,43)/b13-10-,14-12-,17-11+. The average Bonchev–Trinajstić information content (AvgIpc) is 3.38. The van der Waals surface area contributed by atoms with Gasteiger partial charge in [0.2, 0.25) is 0 Å². The number of Topliss-reactive ketones (excluding diaryl/α,β-unsaturated/α-hetero) is 2. The second-order valence-corrected chi connectivity index (χ2v) is 14.2. The molecule has 5 rings (SSSR count). The quantitative estimate of drug-likeness (QED) is 0.187. The number of ketones is 2. The van der Waals surface area contributed by atoms with E-state index in [1.165, 1.54) is 66.9 Å². The van der Waals surface area contributed by atoms with Crippen LogP contribution in [0.5, 0.6) is 23.0 Å². The van der Waals surface area contributed by atoms with Gasteiger partial charge in [0, 0.05) is 61.3 Å². The van der Waals surface area contributed by atoms with Crippen molar-refractivity contribution in [1.82, 2.24) is 0 Å². The van der Waals surface area contributed by atoms with Crippen LogP contribution in [-0.4, -0.2) is 98.4 Å². The SMILES string of the molecule is COC1/C=C\OC2(C)Oc3c(C)c(O)c4c(O)c(cc(OCC(=O)O)c4c3C2=O)NC(=O)/C(C)=C/C=C\C(C)(O)C(=O)C(C)C(O)C(C)C(OC(C)=O)C1C. The normalized spacial score (nSPS) is 31.2. The van der Waals surface area contributed by atoms with Gasteiger partial charge in [0.25, 0.3) is 11.7 Å². The van der Waals surface area contributed by atoms with Crippen molar-refractivity contribution in [3.05, 3.63) is 53.3 Å². The van der Waals surface area contributed by atoms with Gasteiger partial charge in [0.05, 0.1) is 35.1 Å². The molecule has 0 aromatic heterocycles. The van der Waals surface area contributed by atoms with Crippen LogP contribution in [-0.2, 0) is 33.4 Å². The second kappa shape index (κ2) is 16.1. The number of aromatic hydroxyl groups is 2. The molecule has 16 nitrogen and oxygen atoms in total. The average molecular weight is 770 g/mol. The molecule has 5 bridgehead atoms. The van der Waals surface area contributed by atoms with Crippen LogP contribution >= 0.6 is 0 Å². The smallest absolute Gasteiger partial charge is 0.341 e. The van der Waals surface area contributed by atoms with E-state index in [4.69, 9.17) is 23.7 Å². The molecule has 0 saturated carbocycles. The lowest BCUT2D eigenvalue weighted by molar-refractivity contribution is -0.160. The molecular formula is C39H47NO15. The number of nitrogens with one attached hydrogen (secondary N) is 1. The zero-order valence-corrected chi connectivity index (χ0v) is 32.0. The summed E-state index contributed by atoms with van der Waals surface area (Å²) in [6.07, 6.45) is 2.81. The van der Waals surface area contributed by atoms with Crippen LogP contribution in [0.3, 0.4) is 0 Å². The number of benzene rings is 2. The number of phenolic OH excluding ortho intramolecular Hbond substituents is 2. The summed E-state index contributed by atoms with van der Waals surface area (Å²) < 4.78 is 28.7. The lowest BCUT2D eigenvalue weighted by atomic mass is 9.78. The molecule has 0 aliphatic carbocycles. The molecule has 8 atom stereocenters. The lowest BCUT2D eigenvalue weighted by Gasteiger charge is -2.37. The van der Waals surface area contributed by atoms with Crippen molar-refractivity contribution >= 4 is 45.9 Å². The molecule has 0 radical (unpaired) electrons. The summed E-state index contributed by atoms with van der Waals surface area (Å²) in [5, 5.41) is 56.7. The molecule has 8 unspecified atom stereocenters. The van der Waals surface area contributed by atoms with Crippen molar-refractivity contribution in [2.75, 3.05) is 19.0 Å². The van der Waals surface area contributed by atoms with Gasteiger partial charge in [-0.3, -0.25) is 19.2 Å². The highest BCUT2D eigenvalue weighted by molar-refractivity contribution is 6.21. The highest BCUT2D eigenvalue weighted by Gasteiger charge is 2.50. The number of aliphatic carboxylic acids is 1. The van der Waals surface area contributed by atoms with Crippen molar-refractivity contribution < 1.29 is 73.2 Å². The van der Waals surface area contributed by atoms with Crippen molar-refractivity contribution in [2.24, 2.45) is 17.8 Å². The van der Waals surface area contributed by atoms with Gasteiger partial charge in [-0.05, 0) is 32.9 Å². The highest BCUT2D eigenvalue weighted by Crippen LogP contribution is 2.54. The number of aliphatic hydroxyl groups is 2. The maximum Gasteiger partial charge on any atom is 0.341 e. The van der Waals surface area contributed by atoms with Crippen LogP contribution in [0, 0.1) is 24.7 Å². The minimum atomic E-state index is -2.13. The summed E-state index contributed by atoms with van der Waals surface area (Å²) in [7, 11) is 1.37. The Hall–Kier alpha value is -5.45. The molecule has 3 aliphatic rings. The molecule has 0 fully saturated rings. The molecule has 0 saturated heterocycles. The molecule has 3 aliphatic heterocycles. The summed E-state index contributed by atoms with van der Waals surface area (Å²) in [4.78, 5) is 64.8. The predicted molar refractivity (Wildman–Crippen MR) is 196 cm³/mol. The Kier molecular flexibility index (Phi) is 12.4. The molecule has 298 valence electrons. The fraction of sp³-hybridized carbons (Fsp3) is 0.462. The van der Waals surface area contributed by atoms with E-state index < -0.39 is 95.0 Å². The Balaban J connectivity index is 1.95. The van der Waals surface area contributed by atoms with Gasteiger partial charge in [0.1, 0.15) is 29.0 Å². The van der Waals surface area contributed by atoms with E-state index >= 15 is 0 Å². The number of rotatable bonds is 5. The number of carboxylic acid groups (broad SMARTS) is 1. The fourth-order valence-corrected chi connectivity index (χ4v) is 6.77. The Labute approximate surface area is 317 Å². The number of carbonyl (C=O) groups excluding carboxylic acids is 4. The van der Waals surface area contributed by atoms with Crippen LogP contribution in [0.4, 0.5) is 5.69 Å². The zero-order chi connectivity index (χ0) is 41.3. The van der Waals surface area contributed by atoms with Crippen molar-refractivity contribution in [2.45, 2.75) is 85.1 Å². The zero-order valence-electron chi connectivity index (χ0n) is 32.0. The summed E-state index contributed by atoms with van der Waals surface area (Å²) in [6, 6.07) is 1.08. The third-order valence-corrected chi connectivity index (χ3v) is 9.99. The first-order valence-corrected chi connectivity index (χ1v) is 17.4. The molecule has 1 amide bonds. The van der Waals surface area contributed by atoms with Crippen molar-refractivity contribution in [1.29, 1.82) is 0 Å². The lowest BCUT2D eigenvalue weighted by Crippen LogP contribution is -2.48. The number of phenols is 2. The van der Waals surface area contributed by atoms with Gasteiger partial charge < -0.3 is 54.5 Å². The molecule has 2 aromatic carbocycles. The molecular weight excluding hydrogens is 722 g/mol. The van der Waals surface area contributed by atoms with Crippen molar-refractivity contribution in [3.63, 3.8) is 0 Å². The molecule has 55 heavy (non-hydrogen) atoms. The summed E-state index contributed by atoms with van der Waals surface area (Å²) in [6.45, 7) is 10.2. The highest BCUT2D eigenvalue weighted by atomic mass is 16.7. The Morgan fingerprint density at radius 3 is 2.27 bits per heavy atom. The number of allylic oxidation sites excluding steroid dienone is 2. The van der Waals surface area contributed by atoms with Crippen LogP contribution < -0.4 is 14.8 Å². The van der Waals surface area contributed by atoms with E-state index in [1.807, 2.05) is 0 Å². The number of methoxy groups -OCH3 is 1. The molecule has 3 heterocycles.